The second-order valence-corrected chi connectivity index (χ2v) is 9.10. The number of piperidine rings is 3. The molecule has 0 unspecified atom stereocenters. The summed E-state index contributed by atoms with van der Waals surface area (Å²) in [4.78, 5) is 32.2. The average Bonchev–Trinajstić information content (AvgIpc) is 2.79. The molecule has 3 fully saturated rings. The number of fused-ring (bicyclic) bond motifs is 5. The van der Waals surface area contributed by atoms with E-state index in [9.17, 15) is 9.59 Å². The van der Waals surface area contributed by atoms with Gasteiger partial charge in [0.1, 0.15) is 0 Å². The van der Waals surface area contributed by atoms with Gasteiger partial charge in [-0.05, 0) is 62.9 Å². The van der Waals surface area contributed by atoms with Crippen LogP contribution in [0.4, 0.5) is 0 Å². The number of aromatic nitrogens is 2. The highest BCUT2D eigenvalue weighted by molar-refractivity contribution is 5.85. The van der Waals surface area contributed by atoms with Gasteiger partial charge in [-0.15, -0.1) is 24.8 Å². The summed E-state index contributed by atoms with van der Waals surface area (Å²) in [6.45, 7) is 4.42. The summed E-state index contributed by atoms with van der Waals surface area (Å²) >= 11 is 0. The number of hydrogen-bond donors (Lipinski definition) is 2. The first kappa shape index (κ1) is 25.0. The number of rotatable bonds is 5. The summed E-state index contributed by atoms with van der Waals surface area (Å²) in [5.74, 6) is 1.39. The van der Waals surface area contributed by atoms with Crippen LogP contribution in [-0.4, -0.2) is 58.6 Å². The van der Waals surface area contributed by atoms with Gasteiger partial charge in [0.05, 0.1) is 17.2 Å². The van der Waals surface area contributed by atoms with Crippen LogP contribution in [0, 0.1) is 11.8 Å². The molecule has 0 radical (unpaired) electrons. The summed E-state index contributed by atoms with van der Waals surface area (Å²) in [5, 5.41) is 7.39. The third kappa shape index (κ3) is 4.96. The number of carbonyl (C=O) groups excluding carboxylic acids is 1. The van der Waals surface area contributed by atoms with Crippen molar-refractivity contribution in [3.05, 3.63) is 40.9 Å². The van der Waals surface area contributed by atoms with E-state index in [0.29, 0.717) is 48.4 Å². The second-order valence-electron chi connectivity index (χ2n) is 9.10. The quantitative estimate of drug-likeness (QED) is 0.684. The average molecular weight is 482 g/mol. The molecular weight excluding hydrogens is 449 g/mol. The lowest BCUT2D eigenvalue weighted by molar-refractivity contribution is -0.122. The van der Waals surface area contributed by atoms with E-state index < -0.39 is 0 Å². The Hall–Kier alpha value is -1.67. The fraction of sp³-hybridized carbons (Fsp3) is 0.609. The third-order valence-electron chi connectivity index (χ3n) is 7.34. The third-order valence-corrected chi connectivity index (χ3v) is 7.34. The Morgan fingerprint density at radius 2 is 1.97 bits per heavy atom. The minimum Gasteiger partial charge on any atom is -0.354 e. The number of halogens is 2. The van der Waals surface area contributed by atoms with Gasteiger partial charge < -0.3 is 10.6 Å². The van der Waals surface area contributed by atoms with Crippen molar-refractivity contribution >= 4 is 41.6 Å². The Balaban J connectivity index is 0.00000144. The maximum Gasteiger partial charge on any atom is 0.261 e. The summed E-state index contributed by atoms with van der Waals surface area (Å²) in [6.07, 6.45) is 7.02. The maximum atomic E-state index is 12.6. The van der Waals surface area contributed by atoms with E-state index in [4.69, 9.17) is 0 Å². The molecule has 0 spiro atoms. The number of benzene rings is 1. The number of nitrogens with zero attached hydrogens (tertiary/aromatic N) is 3. The maximum absolute atomic E-state index is 12.6. The van der Waals surface area contributed by atoms with Gasteiger partial charge in [-0.1, -0.05) is 18.6 Å². The van der Waals surface area contributed by atoms with Crippen LogP contribution in [0.1, 0.15) is 32.1 Å². The van der Waals surface area contributed by atoms with Crippen LogP contribution in [0.25, 0.3) is 10.9 Å². The molecule has 3 aliphatic heterocycles. The molecule has 0 saturated carbocycles. The minimum atomic E-state index is -0.0869. The van der Waals surface area contributed by atoms with E-state index in [2.05, 4.69) is 20.5 Å². The number of amides is 1. The molecule has 1 aromatic heterocycles. The Labute approximate surface area is 201 Å². The van der Waals surface area contributed by atoms with Crippen molar-refractivity contribution in [2.75, 3.05) is 26.2 Å². The van der Waals surface area contributed by atoms with Gasteiger partial charge >= 0.3 is 0 Å². The van der Waals surface area contributed by atoms with Gasteiger partial charge in [0.2, 0.25) is 5.91 Å². The van der Waals surface area contributed by atoms with Crippen LogP contribution in [0.2, 0.25) is 0 Å². The zero-order valence-corrected chi connectivity index (χ0v) is 19.9. The minimum absolute atomic E-state index is 0. The number of hydrogen-bond acceptors (Lipinski definition) is 5. The van der Waals surface area contributed by atoms with Gasteiger partial charge in [-0.2, -0.15) is 0 Å². The van der Waals surface area contributed by atoms with E-state index in [1.54, 1.807) is 17.0 Å². The SMILES string of the molecule is Cl.Cl.O=C(CCn1cnc2ccccc2c1=O)NC[C@H]1[C@@H]2CNC[C@@H](C2)[C@@H]2CCCCN21. The molecule has 1 aromatic carbocycles. The highest BCUT2D eigenvalue weighted by Crippen LogP contribution is 2.38. The molecule has 3 saturated heterocycles. The van der Waals surface area contributed by atoms with Crippen molar-refractivity contribution in [2.45, 2.75) is 50.7 Å². The van der Waals surface area contributed by atoms with E-state index in [-0.39, 0.29) is 36.3 Å². The smallest absolute Gasteiger partial charge is 0.261 e. The van der Waals surface area contributed by atoms with Crippen molar-refractivity contribution in [3.8, 4) is 0 Å². The summed E-state index contributed by atoms with van der Waals surface area (Å²) in [7, 11) is 0. The van der Waals surface area contributed by atoms with Crippen LogP contribution in [0.5, 0.6) is 0 Å². The second kappa shape index (κ2) is 11.0. The molecular formula is C23H33Cl2N5O2. The van der Waals surface area contributed by atoms with E-state index in [1.807, 2.05) is 18.2 Å². The summed E-state index contributed by atoms with van der Waals surface area (Å²) < 4.78 is 1.54. The lowest BCUT2D eigenvalue weighted by Crippen LogP contribution is -2.65. The molecule has 9 heteroatoms. The van der Waals surface area contributed by atoms with Gasteiger partial charge in [-0.25, -0.2) is 4.98 Å². The molecule has 5 rings (SSSR count). The molecule has 1 amide bonds. The van der Waals surface area contributed by atoms with E-state index in [1.165, 1.54) is 25.7 Å². The topological polar surface area (TPSA) is 79.3 Å². The monoisotopic (exact) mass is 481 g/mol. The summed E-state index contributed by atoms with van der Waals surface area (Å²) in [6, 6.07) is 8.42. The highest BCUT2D eigenvalue weighted by atomic mass is 35.5. The van der Waals surface area contributed by atoms with Crippen LogP contribution in [0.3, 0.4) is 0 Å². The Morgan fingerprint density at radius 3 is 2.84 bits per heavy atom. The number of aryl methyl sites for hydroxylation is 1. The molecule has 176 valence electrons. The predicted octanol–water partition coefficient (Wildman–Crippen LogP) is 2.21. The first-order valence-corrected chi connectivity index (χ1v) is 11.4. The van der Waals surface area contributed by atoms with Crippen LogP contribution in [0.15, 0.2) is 35.4 Å². The normalized spacial score (nSPS) is 27.0. The standard InChI is InChI=1S/C23H31N5O2.2ClH/c29-22(8-10-27-15-26-19-6-2-1-5-18(19)23(27)30)25-14-21-17-11-16(12-24-13-17)20-7-3-4-9-28(20)21;;/h1-2,5-6,15-17,20-21,24H,3-4,7-14H2,(H,25,29);2*1H/t16-,17+,20+,21+;;/m1../s1. The fourth-order valence-electron chi connectivity index (χ4n) is 5.84. The van der Waals surface area contributed by atoms with Crippen LogP contribution >= 0.6 is 24.8 Å². The first-order valence-electron chi connectivity index (χ1n) is 11.4. The van der Waals surface area contributed by atoms with Crippen LogP contribution in [-0.2, 0) is 11.3 Å². The molecule has 3 aliphatic rings. The molecule has 4 atom stereocenters. The van der Waals surface area contributed by atoms with Crippen molar-refractivity contribution in [1.82, 2.24) is 25.1 Å². The van der Waals surface area contributed by atoms with Crippen molar-refractivity contribution in [3.63, 3.8) is 0 Å². The van der Waals surface area contributed by atoms with Crippen molar-refractivity contribution in [2.24, 2.45) is 11.8 Å². The van der Waals surface area contributed by atoms with Gasteiger partial charge in [0.25, 0.3) is 5.56 Å². The molecule has 0 aliphatic carbocycles. The molecule has 4 heterocycles. The lowest BCUT2D eigenvalue weighted by atomic mass is 9.73. The largest absolute Gasteiger partial charge is 0.354 e. The van der Waals surface area contributed by atoms with E-state index in [0.717, 1.165) is 25.6 Å². The zero-order valence-electron chi connectivity index (χ0n) is 18.2. The van der Waals surface area contributed by atoms with Gasteiger partial charge in [0.15, 0.2) is 0 Å². The van der Waals surface area contributed by atoms with E-state index >= 15 is 0 Å². The van der Waals surface area contributed by atoms with Gasteiger partial charge in [0, 0.05) is 31.6 Å². The van der Waals surface area contributed by atoms with Crippen molar-refractivity contribution in [1.29, 1.82) is 0 Å². The predicted molar refractivity (Wildman–Crippen MR) is 131 cm³/mol. The fourth-order valence-corrected chi connectivity index (χ4v) is 5.84. The highest BCUT2D eigenvalue weighted by Gasteiger charge is 2.45. The molecule has 32 heavy (non-hydrogen) atoms. The first-order chi connectivity index (χ1) is 14.7. The number of carbonyl (C=O) groups is 1. The Bertz CT molecular complexity index is 984. The number of para-hydroxylation sites is 1. The Kier molecular flexibility index (Phi) is 8.55. The molecule has 2 N–H and O–H groups in total. The zero-order chi connectivity index (χ0) is 20.5. The van der Waals surface area contributed by atoms with Crippen LogP contribution < -0.4 is 16.2 Å². The Morgan fingerprint density at radius 1 is 1.16 bits per heavy atom. The summed E-state index contributed by atoms with van der Waals surface area (Å²) in [5.41, 5.74) is 0.604. The van der Waals surface area contributed by atoms with Gasteiger partial charge in [-0.3, -0.25) is 19.1 Å². The molecule has 7 nitrogen and oxygen atoms in total. The number of nitrogens with one attached hydrogen (secondary N) is 2. The molecule has 2 aromatic rings. The molecule has 2 bridgehead atoms. The van der Waals surface area contributed by atoms with Crippen molar-refractivity contribution < 1.29 is 4.79 Å². The lowest BCUT2D eigenvalue weighted by Gasteiger charge is -2.55.